The minimum absolute atomic E-state index is 0.109. The molecule has 7 nitrogen and oxygen atoms in total. The molecule has 2 aromatic heterocycles. The normalized spacial score (nSPS) is 19.2. The van der Waals surface area contributed by atoms with Crippen LogP contribution in [0.3, 0.4) is 0 Å². The number of aryl methyl sites for hydroxylation is 2. The third-order valence-electron chi connectivity index (χ3n) is 7.64. The Hall–Kier alpha value is -3.59. The van der Waals surface area contributed by atoms with Crippen LogP contribution in [-0.4, -0.2) is 33.7 Å². The second-order valence-electron chi connectivity index (χ2n) is 9.99. The second-order valence-corrected chi connectivity index (χ2v) is 9.99. The van der Waals surface area contributed by atoms with Crippen LogP contribution in [0.15, 0.2) is 40.9 Å². The summed E-state index contributed by atoms with van der Waals surface area (Å²) in [5.41, 5.74) is 4.93. The van der Waals surface area contributed by atoms with Gasteiger partial charge in [0, 0.05) is 29.8 Å². The van der Waals surface area contributed by atoms with Gasteiger partial charge in [0.05, 0.1) is 22.8 Å². The van der Waals surface area contributed by atoms with Gasteiger partial charge < -0.3 is 19.3 Å². The van der Waals surface area contributed by atoms with Gasteiger partial charge in [-0.2, -0.15) is 0 Å². The van der Waals surface area contributed by atoms with Crippen molar-refractivity contribution < 1.29 is 18.1 Å². The number of amides is 1. The van der Waals surface area contributed by atoms with Crippen LogP contribution in [0.1, 0.15) is 61.5 Å². The van der Waals surface area contributed by atoms with Crippen molar-refractivity contribution in [1.29, 1.82) is 0 Å². The monoisotopic (exact) mass is 505 g/mol. The number of anilines is 1. The Labute approximate surface area is 213 Å². The van der Waals surface area contributed by atoms with Gasteiger partial charge in [0.15, 0.2) is 11.6 Å². The number of fused-ring (bicyclic) bond motifs is 1. The summed E-state index contributed by atoms with van der Waals surface area (Å²) in [6.45, 7) is 5.61. The van der Waals surface area contributed by atoms with Crippen molar-refractivity contribution in [2.75, 3.05) is 18.0 Å². The van der Waals surface area contributed by atoms with Crippen LogP contribution in [0.4, 0.5) is 14.5 Å². The van der Waals surface area contributed by atoms with Gasteiger partial charge in [-0.05, 0) is 82.4 Å². The van der Waals surface area contributed by atoms with Gasteiger partial charge in [-0.1, -0.05) is 11.2 Å². The predicted octanol–water partition coefficient (Wildman–Crippen LogP) is 5.77. The number of imidazole rings is 1. The Balaban J connectivity index is 1.52. The molecule has 0 saturated carbocycles. The SMILES string of the molecule is Cc1noc(C)c1-c1ccc2c(c1)nc(C1CCCC(=O)N1c1ccc(F)c(F)c1)n2C1CCNCC1. The molecule has 1 atom stereocenters. The fourth-order valence-electron chi connectivity index (χ4n) is 5.93. The minimum Gasteiger partial charge on any atom is -0.361 e. The second kappa shape index (κ2) is 9.37. The summed E-state index contributed by atoms with van der Waals surface area (Å²) >= 11 is 0. The molecule has 6 rings (SSSR count). The summed E-state index contributed by atoms with van der Waals surface area (Å²) in [4.78, 5) is 19.9. The molecular weight excluding hydrogens is 476 g/mol. The molecule has 2 aliphatic heterocycles. The maximum Gasteiger partial charge on any atom is 0.227 e. The van der Waals surface area contributed by atoms with Crippen molar-refractivity contribution in [3.8, 4) is 11.1 Å². The molecule has 1 amide bonds. The highest BCUT2D eigenvalue weighted by molar-refractivity contribution is 5.95. The Morgan fingerprint density at radius 2 is 1.84 bits per heavy atom. The lowest BCUT2D eigenvalue weighted by molar-refractivity contribution is -0.120. The number of aromatic nitrogens is 3. The van der Waals surface area contributed by atoms with E-state index in [1.807, 2.05) is 13.8 Å². The van der Waals surface area contributed by atoms with E-state index in [0.29, 0.717) is 24.9 Å². The zero-order valence-electron chi connectivity index (χ0n) is 20.9. The van der Waals surface area contributed by atoms with E-state index < -0.39 is 11.6 Å². The lowest BCUT2D eigenvalue weighted by Gasteiger charge is -2.37. The van der Waals surface area contributed by atoms with Gasteiger partial charge in [-0.3, -0.25) is 4.79 Å². The number of benzene rings is 2. The molecule has 4 heterocycles. The summed E-state index contributed by atoms with van der Waals surface area (Å²) < 4.78 is 35.6. The fraction of sp³-hybridized carbons (Fsp3) is 0.393. The Bertz CT molecular complexity index is 1470. The summed E-state index contributed by atoms with van der Waals surface area (Å²) in [6, 6.07) is 9.70. The number of hydrogen-bond donors (Lipinski definition) is 1. The molecule has 37 heavy (non-hydrogen) atoms. The van der Waals surface area contributed by atoms with Crippen molar-refractivity contribution in [2.45, 2.75) is 58.0 Å². The highest BCUT2D eigenvalue weighted by Crippen LogP contribution is 2.40. The molecule has 0 radical (unpaired) electrons. The minimum atomic E-state index is -0.967. The first kappa shape index (κ1) is 23.8. The molecule has 2 fully saturated rings. The maximum absolute atomic E-state index is 14.2. The summed E-state index contributed by atoms with van der Waals surface area (Å²) in [7, 11) is 0. The van der Waals surface area contributed by atoms with E-state index in [-0.39, 0.29) is 18.0 Å². The topological polar surface area (TPSA) is 76.2 Å². The highest BCUT2D eigenvalue weighted by Gasteiger charge is 2.36. The highest BCUT2D eigenvalue weighted by atomic mass is 19.2. The molecule has 2 saturated heterocycles. The van der Waals surface area contributed by atoms with Crippen molar-refractivity contribution in [3.63, 3.8) is 0 Å². The zero-order valence-corrected chi connectivity index (χ0v) is 20.9. The fourth-order valence-corrected chi connectivity index (χ4v) is 5.93. The van der Waals surface area contributed by atoms with Gasteiger partial charge in [0.1, 0.15) is 11.6 Å². The van der Waals surface area contributed by atoms with Crippen LogP contribution in [0.5, 0.6) is 0 Å². The molecule has 0 aliphatic carbocycles. The number of nitrogens with one attached hydrogen (secondary N) is 1. The molecule has 1 unspecified atom stereocenters. The van der Waals surface area contributed by atoms with Gasteiger partial charge in [-0.25, -0.2) is 13.8 Å². The van der Waals surface area contributed by atoms with Gasteiger partial charge in [-0.15, -0.1) is 0 Å². The summed E-state index contributed by atoms with van der Waals surface area (Å²) in [5.74, 6) is -0.473. The molecule has 4 aromatic rings. The summed E-state index contributed by atoms with van der Waals surface area (Å²) in [6.07, 6.45) is 3.64. The average molecular weight is 506 g/mol. The number of carbonyl (C=O) groups is 1. The Morgan fingerprint density at radius 3 is 2.57 bits per heavy atom. The third kappa shape index (κ3) is 4.11. The molecular formula is C28H29F2N5O2. The van der Waals surface area contributed by atoms with E-state index in [9.17, 15) is 13.6 Å². The van der Waals surface area contributed by atoms with Crippen LogP contribution >= 0.6 is 0 Å². The Kier molecular flexibility index (Phi) is 6.03. The van der Waals surface area contributed by atoms with Crippen LogP contribution in [0, 0.1) is 25.5 Å². The van der Waals surface area contributed by atoms with E-state index in [1.54, 1.807) is 4.90 Å². The molecule has 0 spiro atoms. The maximum atomic E-state index is 14.2. The van der Waals surface area contributed by atoms with E-state index in [4.69, 9.17) is 9.51 Å². The molecule has 0 bridgehead atoms. The van der Waals surface area contributed by atoms with Crippen molar-refractivity contribution >= 4 is 22.6 Å². The number of nitrogens with zero attached hydrogens (tertiary/aromatic N) is 4. The molecule has 192 valence electrons. The van der Waals surface area contributed by atoms with Crippen LogP contribution in [-0.2, 0) is 4.79 Å². The quantitative estimate of drug-likeness (QED) is 0.381. The third-order valence-corrected chi connectivity index (χ3v) is 7.64. The molecule has 1 N–H and O–H groups in total. The smallest absolute Gasteiger partial charge is 0.227 e. The largest absolute Gasteiger partial charge is 0.361 e. The zero-order chi connectivity index (χ0) is 25.7. The molecule has 2 aliphatic rings. The molecule has 2 aromatic carbocycles. The van der Waals surface area contributed by atoms with E-state index in [1.165, 1.54) is 6.07 Å². The number of rotatable bonds is 4. The van der Waals surface area contributed by atoms with Gasteiger partial charge >= 0.3 is 0 Å². The Morgan fingerprint density at radius 1 is 1.03 bits per heavy atom. The first-order chi connectivity index (χ1) is 17.9. The first-order valence-electron chi connectivity index (χ1n) is 12.9. The van der Waals surface area contributed by atoms with E-state index in [0.717, 1.165) is 77.5 Å². The van der Waals surface area contributed by atoms with Crippen LogP contribution in [0.25, 0.3) is 22.2 Å². The lowest BCUT2D eigenvalue weighted by Crippen LogP contribution is -2.40. The van der Waals surface area contributed by atoms with Crippen LogP contribution in [0.2, 0.25) is 0 Å². The van der Waals surface area contributed by atoms with Crippen LogP contribution < -0.4 is 10.2 Å². The standard InChI is InChI=1S/C28H29F2N5O2/c1-16-27(17(2)37-33-16)18-6-9-24-23(14-18)32-28(35(24)19-10-12-31-13-11-19)25-4-3-5-26(36)34(25)20-7-8-21(29)22(30)15-20/h6-9,14-15,19,25,31H,3-5,10-13H2,1-2H3. The predicted molar refractivity (Wildman–Crippen MR) is 136 cm³/mol. The van der Waals surface area contributed by atoms with E-state index in [2.05, 4.69) is 33.2 Å². The number of piperidine rings is 2. The number of carbonyl (C=O) groups excluding carboxylic acids is 1. The van der Waals surface area contributed by atoms with E-state index >= 15 is 0 Å². The number of hydrogen-bond acceptors (Lipinski definition) is 5. The average Bonchev–Trinajstić information content (AvgIpc) is 3.44. The van der Waals surface area contributed by atoms with Gasteiger partial charge in [0.2, 0.25) is 5.91 Å². The van der Waals surface area contributed by atoms with Crippen molar-refractivity contribution in [1.82, 2.24) is 20.0 Å². The first-order valence-corrected chi connectivity index (χ1v) is 12.9. The van der Waals surface area contributed by atoms with Crippen molar-refractivity contribution in [3.05, 3.63) is 65.3 Å². The number of halogens is 2. The summed E-state index contributed by atoms with van der Waals surface area (Å²) in [5, 5.41) is 7.52. The molecule has 9 heteroatoms. The van der Waals surface area contributed by atoms with Crippen molar-refractivity contribution in [2.24, 2.45) is 0 Å². The van der Waals surface area contributed by atoms with Gasteiger partial charge in [0.25, 0.3) is 0 Å². The lowest BCUT2D eigenvalue weighted by atomic mass is 9.98.